The number of nitrogens with one attached hydrogen (secondary N) is 1. The Bertz CT molecular complexity index is 646. The Morgan fingerprint density at radius 2 is 2.14 bits per heavy atom. The van der Waals surface area contributed by atoms with Crippen molar-refractivity contribution in [3.63, 3.8) is 0 Å². The second kappa shape index (κ2) is 6.23. The van der Waals surface area contributed by atoms with E-state index in [1.807, 2.05) is 0 Å². The number of carbonyl (C=O) groups is 1. The largest absolute Gasteiger partial charge is 0.338 e. The average molecular weight is 331 g/mol. The lowest BCUT2D eigenvalue weighted by molar-refractivity contribution is 0.0683. The van der Waals surface area contributed by atoms with Crippen molar-refractivity contribution in [2.24, 2.45) is 5.92 Å². The predicted octanol–water partition coefficient (Wildman–Crippen LogP) is 2.58. The predicted molar refractivity (Wildman–Crippen MR) is 84.2 cm³/mol. The highest BCUT2D eigenvalue weighted by Gasteiger charge is 2.23. The quantitative estimate of drug-likeness (QED) is 0.926. The number of nitrogens with zero attached hydrogens (tertiary/aromatic N) is 1. The molecule has 5 nitrogen and oxygen atoms in total. The standard InChI is InChI=1S/C14H19ClN2O3S/c1-10-4-3-7-17(9-10)14(18)12-6-5-11(8-13(12)15)16-21(2,19)20/h5-6,8,10,16H,3-4,7,9H2,1-2H3/t10-/m0/s1. The van der Waals surface area contributed by atoms with E-state index >= 15 is 0 Å². The van der Waals surface area contributed by atoms with Crippen LogP contribution in [0.2, 0.25) is 5.02 Å². The number of anilines is 1. The number of hydrogen-bond donors (Lipinski definition) is 1. The average Bonchev–Trinajstić information content (AvgIpc) is 2.36. The Labute approximate surface area is 130 Å². The summed E-state index contributed by atoms with van der Waals surface area (Å²) in [6, 6.07) is 4.58. The third-order valence-electron chi connectivity index (χ3n) is 3.45. The molecule has 1 aromatic carbocycles. The smallest absolute Gasteiger partial charge is 0.255 e. The van der Waals surface area contributed by atoms with Gasteiger partial charge in [-0.1, -0.05) is 18.5 Å². The van der Waals surface area contributed by atoms with Crippen molar-refractivity contribution in [3.8, 4) is 0 Å². The molecular formula is C14H19ClN2O3S. The maximum atomic E-state index is 12.5. The van der Waals surface area contributed by atoms with Crippen molar-refractivity contribution in [1.82, 2.24) is 4.90 Å². The van der Waals surface area contributed by atoms with E-state index in [-0.39, 0.29) is 10.9 Å². The lowest BCUT2D eigenvalue weighted by Gasteiger charge is -2.31. The van der Waals surface area contributed by atoms with Gasteiger partial charge < -0.3 is 4.90 Å². The van der Waals surface area contributed by atoms with Gasteiger partial charge in [-0.15, -0.1) is 0 Å². The van der Waals surface area contributed by atoms with E-state index in [4.69, 9.17) is 11.6 Å². The number of piperidine rings is 1. The van der Waals surface area contributed by atoms with Gasteiger partial charge in [-0.2, -0.15) is 0 Å². The third kappa shape index (κ3) is 4.35. The molecule has 7 heteroatoms. The number of likely N-dealkylation sites (tertiary alicyclic amines) is 1. The summed E-state index contributed by atoms with van der Waals surface area (Å²) in [6.07, 6.45) is 3.20. The molecule has 0 unspecified atom stereocenters. The highest BCUT2D eigenvalue weighted by molar-refractivity contribution is 7.92. The summed E-state index contributed by atoms with van der Waals surface area (Å²) in [4.78, 5) is 14.3. The number of carbonyl (C=O) groups excluding carboxylic acids is 1. The molecule has 0 saturated carbocycles. The van der Waals surface area contributed by atoms with Crippen LogP contribution >= 0.6 is 11.6 Å². The fraction of sp³-hybridized carbons (Fsp3) is 0.500. The zero-order valence-corrected chi connectivity index (χ0v) is 13.7. The summed E-state index contributed by atoms with van der Waals surface area (Å²) in [5.41, 5.74) is 0.760. The van der Waals surface area contributed by atoms with Gasteiger partial charge in [0.05, 0.1) is 16.8 Å². The maximum Gasteiger partial charge on any atom is 0.255 e. The minimum atomic E-state index is -3.36. The zero-order chi connectivity index (χ0) is 15.6. The van der Waals surface area contributed by atoms with Gasteiger partial charge in [0.1, 0.15) is 0 Å². The topological polar surface area (TPSA) is 66.5 Å². The van der Waals surface area contributed by atoms with Crippen LogP contribution in [-0.4, -0.2) is 38.6 Å². The van der Waals surface area contributed by atoms with Gasteiger partial charge in [-0.3, -0.25) is 9.52 Å². The highest BCUT2D eigenvalue weighted by Crippen LogP contribution is 2.25. The number of halogens is 1. The number of benzene rings is 1. The molecule has 1 aliphatic rings. The number of amides is 1. The molecule has 1 aromatic rings. The number of hydrogen-bond acceptors (Lipinski definition) is 3. The lowest BCUT2D eigenvalue weighted by atomic mass is 9.99. The molecular weight excluding hydrogens is 312 g/mol. The van der Waals surface area contributed by atoms with Gasteiger partial charge in [0.25, 0.3) is 5.91 Å². The van der Waals surface area contributed by atoms with E-state index in [0.717, 1.165) is 32.2 Å². The van der Waals surface area contributed by atoms with Gasteiger partial charge in [-0.25, -0.2) is 8.42 Å². The van der Waals surface area contributed by atoms with E-state index in [1.54, 1.807) is 17.0 Å². The van der Waals surface area contributed by atoms with Crippen molar-refractivity contribution in [1.29, 1.82) is 0 Å². The molecule has 116 valence electrons. The lowest BCUT2D eigenvalue weighted by Crippen LogP contribution is -2.39. The summed E-state index contributed by atoms with van der Waals surface area (Å²) in [7, 11) is -3.36. The molecule has 1 heterocycles. The van der Waals surface area contributed by atoms with Crippen LogP contribution in [0.4, 0.5) is 5.69 Å². The summed E-state index contributed by atoms with van der Waals surface area (Å²) < 4.78 is 24.7. The van der Waals surface area contributed by atoms with Crippen molar-refractivity contribution in [3.05, 3.63) is 28.8 Å². The molecule has 0 spiro atoms. The van der Waals surface area contributed by atoms with E-state index < -0.39 is 10.0 Å². The molecule has 1 saturated heterocycles. The first-order valence-corrected chi connectivity index (χ1v) is 9.10. The molecule has 0 aromatic heterocycles. The first-order chi connectivity index (χ1) is 9.76. The summed E-state index contributed by atoms with van der Waals surface area (Å²) >= 11 is 6.13. The molecule has 2 rings (SSSR count). The minimum Gasteiger partial charge on any atom is -0.338 e. The van der Waals surface area contributed by atoms with Gasteiger partial charge >= 0.3 is 0 Å². The van der Waals surface area contributed by atoms with Crippen LogP contribution in [-0.2, 0) is 10.0 Å². The molecule has 1 fully saturated rings. The Kier molecular flexibility index (Phi) is 4.78. The van der Waals surface area contributed by atoms with E-state index in [2.05, 4.69) is 11.6 Å². The van der Waals surface area contributed by atoms with Crippen LogP contribution in [0, 0.1) is 5.92 Å². The molecule has 1 aliphatic heterocycles. The number of sulfonamides is 1. The van der Waals surface area contributed by atoms with Crippen LogP contribution in [0.15, 0.2) is 18.2 Å². The number of rotatable bonds is 3. The highest BCUT2D eigenvalue weighted by atomic mass is 35.5. The fourth-order valence-electron chi connectivity index (χ4n) is 2.51. The van der Waals surface area contributed by atoms with Gasteiger partial charge in [0, 0.05) is 18.8 Å². The molecule has 0 bridgehead atoms. The third-order valence-corrected chi connectivity index (χ3v) is 4.37. The van der Waals surface area contributed by atoms with Gasteiger partial charge in [0.15, 0.2) is 0 Å². The Morgan fingerprint density at radius 1 is 1.43 bits per heavy atom. The van der Waals surface area contributed by atoms with Crippen molar-refractivity contribution in [2.45, 2.75) is 19.8 Å². The van der Waals surface area contributed by atoms with E-state index in [0.29, 0.717) is 17.2 Å². The van der Waals surface area contributed by atoms with E-state index in [1.165, 1.54) is 6.07 Å². The van der Waals surface area contributed by atoms with Crippen molar-refractivity contribution >= 4 is 33.2 Å². The minimum absolute atomic E-state index is 0.0996. The molecule has 21 heavy (non-hydrogen) atoms. The molecule has 1 amide bonds. The van der Waals surface area contributed by atoms with Crippen molar-refractivity contribution < 1.29 is 13.2 Å². The maximum absolute atomic E-state index is 12.5. The zero-order valence-electron chi connectivity index (χ0n) is 12.1. The summed E-state index contributed by atoms with van der Waals surface area (Å²) in [5.74, 6) is 0.394. The monoisotopic (exact) mass is 330 g/mol. The Balaban J connectivity index is 2.18. The van der Waals surface area contributed by atoms with Crippen LogP contribution in [0.25, 0.3) is 0 Å². The SMILES string of the molecule is C[C@H]1CCCN(C(=O)c2ccc(NS(C)(=O)=O)cc2Cl)C1. The molecule has 1 N–H and O–H groups in total. The second-order valence-electron chi connectivity index (χ2n) is 5.57. The summed E-state index contributed by atoms with van der Waals surface area (Å²) in [5, 5.41) is 0.256. The van der Waals surface area contributed by atoms with Crippen LogP contribution < -0.4 is 4.72 Å². The van der Waals surface area contributed by atoms with Crippen molar-refractivity contribution in [2.75, 3.05) is 24.1 Å². The second-order valence-corrected chi connectivity index (χ2v) is 7.72. The normalized spacial score (nSPS) is 19.4. The van der Waals surface area contributed by atoms with Crippen LogP contribution in [0.1, 0.15) is 30.1 Å². The van der Waals surface area contributed by atoms with Gasteiger partial charge in [0.2, 0.25) is 10.0 Å². The van der Waals surface area contributed by atoms with Gasteiger partial charge in [-0.05, 0) is 37.0 Å². The fourth-order valence-corrected chi connectivity index (χ4v) is 3.33. The first-order valence-electron chi connectivity index (χ1n) is 6.83. The van der Waals surface area contributed by atoms with E-state index in [9.17, 15) is 13.2 Å². The van der Waals surface area contributed by atoms with Crippen LogP contribution in [0.5, 0.6) is 0 Å². The molecule has 0 radical (unpaired) electrons. The molecule has 1 atom stereocenters. The Morgan fingerprint density at radius 3 is 2.71 bits per heavy atom. The Hall–Kier alpha value is -1.27. The summed E-state index contributed by atoms with van der Waals surface area (Å²) in [6.45, 7) is 3.60. The first kappa shape index (κ1) is 16.1. The van der Waals surface area contributed by atoms with Crippen LogP contribution in [0.3, 0.4) is 0 Å². The molecule has 0 aliphatic carbocycles.